The molecular weight excluding hydrogens is 414 g/mol. The van der Waals surface area contributed by atoms with Gasteiger partial charge in [-0.3, -0.25) is 0 Å². The van der Waals surface area contributed by atoms with Crippen LogP contribution >= 0.6 is 11.8 Å². The van der Waals surface area contributed by atoms with Gasteiger partial charge in [0, 0.05) is 35.2 Å². The molecule has 0 aliphatic carbocycles. The van der Waals surface area contributed by atoms with Crippen LogP contribution in [0.15, 0.2) is 102 Å². The van der Waals surface area contributed by atoms with Crippen molar-refractivity contribution in [2.75, 3.05) is 0 Å². The van der Waals surface area contributed by atoms with E-state index in [1.807, 2.05) is 59.3 Å². The highest BCUT2D eigenvalue weighted by Crippen LogP contribution is 2.31. The quantitative estimate of drug-likeness (QED) is 0.288. The van der Waals surface area contributed by atoms with E-state index in [4.69, 9.17) is 5.10 Å². The van der Waals surface area contributed by atoms with Gasteiger partial charge in [0.25, 0.3) is 0 Å². The summed E-state index contributed by atoms with van der Waals surface area (Å²) in [6.07, 6.45) is 2.12. The summed E-state index contributed by atoms with van der Waals surface area (Å²) >= 11 is 1.69. The van der Waals surface area contributed by atoms with Crippen LogP contribution in [0.25, 0.3) is 28.3 Å². The van der Waals surface area contributed by atoms with Gasteiger partial charge in [0.2, 0.25) is 0 Å². The Bertz CT molecular complexity index is 1290. The van der Waals surface area contributed by atoms with Gasteiger partial charge < -0.3 is 4.57 Å². The fourth-order valence-corrected chi connectivity index (χ4v) is 4.66. The molecule has 0 unspecified atom stereocenters. The summed E-state index contributed by atoms with van der Waals surface area (Å²) in [5.41, 5.74) is 5.39. The van der Waals surface area contributed by atoms with Crippen LogP contribution in [0.2, 0.25) is 0 Å². The van der Waals surface area contributed by atoms with Crippen molar-refractivity contribution in [2.24, 2.45) is 0 Å². The van der Waals surface area contributed by atoms with Gasteiger partial charge >= 0.3 is 0 Å². The largest absolute Gasteiger partial charge is 0.302 e. The molecule has 0 N–H and O–H groups in total. The molecular formula is C26H23N5S. The average Bonchev–Trinajstić information content (AvgIpc) is 3.48. The summed E-state index contributed by atoms with van der Waals surface area (Å²) in [5, 5.41) is 14.8. The van der Waals surface area contributed by atoms with Crippen LogP contribution < -0.4 is 0 Å². The Labute approximate surface area is 191 Å². The number of benzene rings is 3. The molecule has 5 aromatic rings. The van der Waals surface area contributed by atoms with E-state index < -0.39 is 0 Å². The molecule has 2 aromatic heterocycles. The minimum absolute atomic E-state index is 0.754. The van der Waals surface area contributed by atoms with Crippen LogP contribution in [-0.2, 0) is 12.3 Å². The molecule has 0 saturated carbocycles. The number of rotatable bonds is 7. The smallest absolute Gasteiger partial charge is 0.191 e. The molecule has 0 amide bonds. The Morgan fingerprint density at radius 2 is 1.38 bits per heavy atom. The highest BCUT2D eigenvalue weighted by atomic mass is 32.2. The maximum absolute atomic E-state index is 4.92. The molecule has 0 spiro atoms. The molecule has 0 aliphatic heterocycles. The minimum Gasteiger partial charge on any atom is -0.302 e. The van der Waals surface area contributed by atoms with Crippen molar-refractivity contribution >= 4 is 11.8 Å². The molecule has 0 fully saturated rings. The van der Waals surface area contributed by atoms with Gasteiger partial charge in [0.1, 0.15) is 0 Å². The van der Waals surface area contributed by atoms with Gasteiger partial charge in [-0.2, -0.15) is 5.10 Å². The topological polar surface area (TPSA) is 48.5 Å². The molecule has 5 nitrogen and oxygen atoms in total. The van der Waals surface area contributed by atoms with Crippen molar-refractivity contribution in [3.8, 4) is 28.3 Å². The first-order chi connectivity index (χ1) is 15.8. The van der Waals surface area contributed by atoms with Gasteiger partial charge in [-0.15, -0.1) is 10.2 Å². The first kappa shape index (κ1) is 20.3. The summed E-state index contributed by atoms with van der Waals surface area (Å²) in [7, 11) is 0. The molecule has 2 heterocycles. The van der Waals surface area contributed by atoms with E-state index in [9.17, 15) is 0 Å². The Balaban J connectivity index is 1.47. The Hall–Kier alpha value is -3.64. The third-order valence-corrected chi connectivity index (χ3v) is 6.30. The van der Waals surface area contributed by atoms with Crippen molar-refractivity contribution in [3.63, 3.8) is 0 Å². The lowest BCUT2D eigenvalue weighted by molar-refractivity contribution is 0.687. The fraction of sp³-hybridized carbons (Fsp3) is 0.115. The monoisotopic (exact) mass is 437 g/mol. The Morgan fingerprint density at radius 1 is 0.750 bits per heavy atom. The van der Waals surface area contributed by atoms with Crippen LogP contribution in [0.4, 0.5) is 0 Å². The molecule has 0 atom stereocenters. The normalized spacial score (nSPS) is 11.0. The van der Waals surface area contributed by atoms with E-state index in [2.05, 4.69) is 64.3 Å². The van der Waals surface area contributed by atoms with Crippen LogP contribution in [-0.4, -0.2) is 24.5 Å². The molecule has 0 aliphatic rings. The summed E-state index contributed by atoms with van der Waals surface area (Å²) in [5.74, 6) is 1.66. The lowest BCUT2D eigenvalue weighted by Crippen LogP contribution is -1.99. The van der Waals surface area contributed by atoms with Gasteiger partial charge in [-0.05, 0) is 19.1 Å². The van der Waals surface area contributed by atoms with E-state index in [0.29, 0.717) is 0 Å². The van der Waals surface area contributed by atoms with Crippen LogP contribution in [0, 0.1) is 0 Å². The van der Waals surface area contributed by atoms with Crippen molar-refractivity contribution in [1.29, 1.82) is 0 Å². The lowest BCUT2D eigenvalue weighted by atomic mass is 10.1. The standard InChI is InChI=1S/C26H23N5S/c1-2-30-25(21-14-8-4-9-15-21)27-28-26(30)32-19-22-18-31(23-16-10-5-11-17-23)29-24(22)20-12-6-3-7-13-20/h3-18H,2,19H2,1H3. The van der Waals surface area contributed by atoms with E-state index in [1.54, 1.807) is 11.8 Å². The minimum atomic E-state index is 0.754. The van der Waals surface area contributed by atoms with E-state index in [0.717, 1.165) is 51.4 Å². The number of para-hydroxylation sites is 1. The predicted octanol–water partition coefficient (Wildman–Crippen LogP) is 6.11. The first-order valence-corrected chi connectivity index (χ1v) is 11.6. The van der Waals surface area contributed by atoms with Gasteiger partial charge in [-0.1, -0.05) is 90.6 Å². The molecule has 5 rings (SSSR count). The zero-order valence-corrected chi connectivity index (χ0v) is 18.6. The van der Waals surface area contributed by atoms with E-state index in [-0.39, 0.29) is 0 Å². The second-order valence-electron chi connectivity index (χ2n) is 7.35. The van der Waals surface area contributed by atoms with Gasteiger partial charge in [0.05, 0.1) is 11.4 Å². The second-order valence-corrected chi connectivity index (χ2v) is 8.30. The zero-order valence-electron chi connectivity index (χ0n) is 17.8. The van der Waals surface area contributed by atoms with Crippen LogP contribution in [0.5, 0.6) is 0 Å². The maximum atomic E-state index is 4.92. The lowest BCUT2D eigenvalue weighted by Gasteiger charge is -2.07. The molecule has 0 bridgehead atoms. The van der Waals surface area contributed by atoms with Crippen molar-refractivity contribution < 1.29 is 0 Å². The molecule has 0 radical (unpaired) electrons. The summed E-state index contributed by atoms with van der Waals surface area (Å²) in [6, 6.07) is 30.8. The SMILES string of the molecule is CCn1c(SCc2cn(-c3ccccc3)nc2-c2ccccc2)nnc1-c1ccccc1. The number of aromatic nitrogens is 5. The third-order valence-electron chi connectivity index (χ3n) is 5.28. The second kappa shape index (κ2) is 9.24. The molecule has 3 aromatic carbocycles. The summed E-state index contributed by atoms with van der Waals surface area (Å²) in [4.78, 5) is 0. The molecule has 6 heteroatoms. The summed E-state index contributed by atoms with van der Waals surface area (Å²) in [6.45, 7) is 2.94. The number of thioether (sulfide) groups is 1. The van der Waals surface area contributed by atoms with Crippen LogP contribution in [0.3, 0.4) is 0 Å². The summed E-state index contributed by atoms with van der Waals surface area (Å²) < 4.78 is 4.13. The third kappa shape index (κ3) is 4.09. The molecule has 158 valence electrons. The molecule has 32 heavy (non-hydrogen) atoms. The fourth-order valence-electron chi connectivity index (χ4n) is 3.69. The Kier molecular flexibility index (Phi) is 5.85. The van der Waals surface area contributed by atoms with Crippen LogP contribution in [0.1, 0.15) is 12.5 Å². The predicted molar refractivity (Wildman–Crippen MR) is 130 cm³/mol. The van der Waals surface area contributed by atoms with E-state index >= 15 is 0 Å². The highest BCUT2D eigenvalue weighted by Gasteiger charge is 2.16. The average molecular weight is 438 g/mol. The number of hydrogen-bond acceptors (Lipinski definition) is 4. The van der Waals surface area contributed by atoms with Crippen molar-refractivity contribution in [1.82, 2.24) is 24.5 Å². The molecule has 0 saturated heterocycles. The highest BCUT2D eigenvalue weighted by molar-refractivity contribution is 7.98. The maximum Gasteiger partial charge on any atom is 0.191 e. The van der Waals surface area contributed by atoms with Gasteiger partial charge in [-0.25, -0.2) is 4.68 Å². The number of hydrogen-bond donors (Lipinski definition) is 0. The van der Waals surface area contributed by atoms with Crippen molar-refractivity contribution in [3.05, 3.63) is 103 Å². The first-order valence-electron chi connectivity index (χ1n) is 10.6. The Morgan fingerprint density at radius 3 is 2.03 bits per heavy atom. The van der Waals surface area contributed by atoms with E-state index in [1.165, 1.54) is 0 Å². The number of nitrogens with zero attached hydrogens (tertiary/aromatic N) is 5. The van der Waals surface area contributed by atoms with Crippen molar-refractivity contribution in [2.45, 2.75) is 24.4 Å². The zero-order chi connectivity index (χ0) is 21.8. The van der Waals surface area contributed by atoms with Gasteiger partial charge in [0.15, 0.2) is 11.0 Å².